The van der Waals surface area contributed by atoms with Gasteiger partial charge in [0.05, 0.1) is 0 Å². The third kappa shape index (κ3) is 43.2. The van der Waals surface area contributed by atoms with Crippen molar-refractivity contribution in [2.75, 3.05) is 0 Å². The van der Waals surface area contributed by atoms with Gasteiger partial charge >= 0.3 is 30.2 Å². The number of allylic oxidation sites excluding steroid dienone is 4. The fourth-order valence-corrected chi connectivity index (χ4v) is 0.340. The molecule has 0 amide bonds. The van der Waals surface area contributed by atoms with Gasteiger partial charge in [0.2, 0.25) is 0 Å². The molecule has 0 nitrogen and oxygen atoms in total. The summed E-state index contributed by atoms with van der Waals surface area (Å²) >= 11 is 1.58. The SMILES string of the molecule is Cl.Cl.[C-]1=CC=CC1.[CH3-].[CH3-].[CH3-].[CH3-].[SiH2]=[Zr]. The zero-order valence-corrected chi connectivity index (χ0v) is 14.5. The van der Waals surface area contributed by atoms with Gasteiger partial charge in [-0.15, -0.1) is 31.2 Å². The van der Waals surface area contributed by atoms with E-state index in [1.165, 1.54) is 0 Å². The van der Waals surface area contributed by atoms with Gasteiger partial charge in [-0.25, -0.2) is 12.2 Å². The second-order valence-corrected chi connectivity index (χ2v) is 1.00. The Bertz CT molecular complexity index is 85.6. The monoisotopic (exact) mass is 317 g/mol. The Kier molecular flexibility index (Phi) is 189. The Morgan fingerprint density at radius 3 is 1.46 bits per heavy atom. The first-order chi connectivity index (χ1) is 3.50. The Labute approximate surface area is 115 Å². The summed E-state index contributed by atoms with van der Waals surface area (Å²) in [5, 5.41) is 0. The van der Waals surface area contributed by atoms with Gasteiger partial charge in [-0.2, -0.15) is 6.08 Å². The van der Waals surface area contributed by atoms with E-state index in [1.807, 2.05) is 19.0 Å². The van der Waals surface area contributed by atoms with Crippen molar-refractivity contribution in [1.82, 2.24) is 0 Å². The third-order valence-corrected chi connectivity index (χ3v) is 0.586. The van der Waals surface area contributed by atoms with Gasteiger partial charge in [-0.3, -0.25) is 6.08 Å². The molecule has 4 heteroatoms. The van der Waals surface area contributed by atoms with Crippen LogP contribution in [0.3, 0.4) is 0 Å². The average Bonchev–Trinajstić information content (AvgIpc) is 2.23. The molecule has 84 valence electrons. The molecule has 0 atom stereocenters. The molecule has 0 spiro atoms. The Morgan fingerprint density at radius 1 is 1.00 bits per heavy atom. The molecule has 0 N–H and O–H groups in total. The van der Waals surface area contributed by atoms with Crippen molar-refractivity contribution in [1.29, 1.82) is 0 Å². The molecule has 0 aromatic rings. The van der Waals surface area contributed by atoms with Crippen molar-refractivity contribution < 1.29 is 23.3 Å². The number of hydrogen-bond donors (Lipinski definition) is 0. The molecule has 1 aliphatic rings. The van der Waals surface area contributed by atoms with Crippen LogP contribution in [0.15, 0.2) is 18.2 Å². The molecule has 1 aliphatic carbocycles. The van der Waals surface area contributed by atoms with Crippen LogP contribution in [-0.2, 0) is 23.3 Å². The van der Waals surface area contributed by atoms with E-state index in [0.717, 1.165) is 6.42 Å². The van der Waals surface area contributed by atoms with Crippen LogP contribution in [-0.4, -0.2) is 6.88 Å². The van der Waals surface area contributed by atoms with Crippen LogP contribution in [0.1, 0.15) is 6.42 Å². The predicted molar refractivity (Wildman–Crippen MR) is 70.3 cm³/mol. The minimum atomic E-state index is 0. The second kappa shape index (κ2) is 51.3. The van der Waals surface area contributed by atoms with Gasteiger partial charge in [-0.05, 0) is 0 Å². The molecule has 0 saturated heterocycles. The van der Waals surface area contributed by atoms with Crippen LogP contribution in [0, 0.1) is 35.8 Å². The quantitative estimate of drug-likeness (QED) is 0.475. The number of rotatable bonds is 0. The Balaban J connectivity index is -0.00000000859. The standard InChI is InChI=1S/C5H5.4CH3.2ClH.H2Si.Zr/c1-2-4-5-3-1;;;;;;;;/h1-3H,4H2;4*1H3;2*1H;1H2;/q5*-1;;;;. The molecular formula is C9H21Cl2SiZr-5. The van der Waals surface area contributed by atoms with E-state index in [9.17, 15) is 0 Å². The maximum absolute atomic E-state index is 2.99. The third-order valence-electron chi connectivity index (χ3n) is 0.586. The normalized spacial score (nSPS) is 7.00. The number of hydrogen-bond acceptors (Lipinski definition) is 0. The first-order valence-corrected chi connectivity index (χ1v) is 7.99. The molecule has 0 radical (unpaired) electrons. The van der Waals surface area contributed by atoms with E-state index in [-0.39, 0.29) is 54.5 Å². The second-order valence-electron chi connectivity index (χ2n) is 1.00. The summed E-state index contributed by atoms with van der Waals surface area (Å²) in [5.41, 5.74) is 0. The molecule has 0 aromatic carbocycles. The molecule has 13 heavy (non-hydrogen) atoms. The fraction of sp³-hybridized carbons (Fsp3) is 0.111. The van der Waals surface area contributed by atoms with Gasteiger partial charge < -0.3 is 29.7 Å². The van der Waals surface area contributed by atoms with Crippen LogP contribution < -0.4 is 0 Å². The summed E-state index contributed by atoms with van der Waals surface area (Å²) in [5.74, 6) is 0. The minimum absolute atomic E-state index is 0. The van der Waals surface area contributed by atoms with E-state index in [4.69, 9.17) is 0 Å². The van der Waals surface area contributed by atoms with Gasteiger partial charge in [0.25, 0.3) is 0 Å². The van der Waals surface area contributed by atoms with E-state index in [0.29, 0.717) is 0 Å². The van der Waals surface area contributed by atoms with Crippen molar-refractivity contribution in [3.05, 3.63) is 54.0 Å². The number of halogens is 2. The summed E-state index contributed by atoms with van der Waals surface area (Å²) in [7, 11) is 0. The molecule has 0 fully saturated rings. The predicted octanol–water partition coefficient (Wildman–Crippen LogP) is 3.03. The molecule has 0 bridgehead atoms. The van der Waals surface area contributed by atoms with Gasteiger partial charge in [-0.1, -0.05) is 0 Å². The zero-order valence-electron chi connectivity index (χ0n) is 8.96. The van der Waals surface area contributed by atoms with Gasteiger partial charge in [0.1, 0.15) is 0 Å². The fourth-order valence-electron chi connectivity index (χ4n) is 0.340. The first kappa shape index (κ1) is 47.8. The van der Waals surface area contributed by atoms with E-state index in [2.05, 4.69) is 12.2 Å². The van der Waals surface area contributed by atoms with Crippen molar-refractivity contribution in [2.24, 2.45) is 0 Å². The molecule has 0 aromatic heterocycles. The maximum atomic E-state index is 2.99. The molecular weight excluding hydrogens is 298 g/mol. The van der Waals surface area contributed by atoms with Crippen LogP contribution in [0.25, 0.3) is 0 Å². The summed E-state index contributed by atoms with van der Waals surface area (Å²) in [6.07, 6.45) is 10.0. The van der Waals surface area contributed by atoms with E-state index < -0.39 is 0 Å². The van der Waals surface area contributed by atoms with E-state index in [1.54, 1.807) is 23.3 Å². The molecule has 0 heterocycles. The van der Waals surface area contributed by atoms with Crippen LogP contribution in [0.5, 0.6) is 0 Å². The van der Waals surface area contributed by atoms with Crippen molar-refractivity contribution in [3.8, 4) is 0 Å². The Hall–Kier alpha value is 1.16. The average molecular weight is 319 g/mol. The van der Waals surface area contributed by atoms with E-state index >= 15 is 0 Å². The van der Waals surface area contributed by atoms with Crippen molar-refractivity contribution >= 4 is 31.7 Å². The summed E-state index contributed by atoms with van der Waals surface area (Å²) in [4.78, 5) is 0. The molecule has 0 saturated carbocycles. The van der Waals surface area contributed by atoms with Gasteiger partial charge in [0.15, 0.2) is 0 Å². The van der Waals surface area contributed by atoms with Crippen LogP contribution in [0.4, 0.5) is 0 Å². The molecule has 0 aliphatic heterocycles. The van der Waals surface area contributed by atoms with Crippen molar-refractivity contribution in [3.63, 3.8) is 0 Å². The first-order valence-electron chi connectivity index (χ1n) is 2.07. The summed E-state index contributed by atoms with van der Waals surface area (Å²) in [6.45, 7) is 1.95. The van der Waals surface area contributed by atoms with Gasteiger partial charge in [0, 0.05) is 0 Å². The van der Waals surface area contributed by atoms with Crippen LogP contribution in [0.2, 0.25) is 0 Å². The summed E-state index contributed by atoms with van der Waals surface area (Å²) in [6, 6.07) is 0. The molecule has 1 rings (SSSR count). The molecule has 0 unspecified atom stereocenters. The topological polar surface area (TPSA) is 0 Å². The van der Waals surface area contributed by atoms with Crippen LogP contribution >= 0.6 is 24.8 Å². The summed E-state index contributed by atoms with van der Waals surface area (Å²) < 4.78 is 0. The van der Waals surface area contributed by atoms with Crippen molar-refractivity contribution in [2.45, 2.75) is 6.42 Å². The zero-order chi connectivity index (χ0) is 5.54. The Morgan fingerprint density at radius 2 is 1.38 bits per heavy atom.